The lowest BCUT2D eigenvalue weighted by Crippen LogP contribution is -2.42. The minimum atomic E-state index is -0.511. The van der Waals surface area contributed by atoms with Crippen molar-refractivity contribution in [3.63, 3.8) is 0 Å². The molecule has 1 rings (SSSR count). The number of hydrogen-bond acceptors (Lipinski definition) is 11. The second-order valence-electron chi connectivity index (χ2n) is 17.5. The molecule has 0 aliphatic heterocycles. The average Bonchev–Trinajstić information content (AvgIpc) is 3.24. The molecule has 0 heterocycles. The Morgan fingerprint density at radius 3 is 1.58 bits per heavy atom. The molecule has 1 aliphatic rings. The number of carbonyl (C=O) groups excluding carboxylic acids is 5. The summed E-state index contributed by atoms with van der Waals surface area (Å²) < 4.78 is 27.4. The van der Waals surface area contributed by atoms with Crippen molar-refractivity contribution in [2.45, 2.75) is 226 Å². The molecule has 0 aromatic carbocycles. The Morgan fingerprint density at radius 1 is 0.567 bits per heavy atom. The number of unbranched alkanes of at least 4 members (excludes halogenated alkanes) is 19. The third-order valence-corrected chi connectivity index (χ3v) is 12.6. The smallest absolute Gasteiger partial charge is 0.312 e. The van der Waals surface area contributed by atoms with E-state index in [1.807, 2.05) is 4.90 Å². The molecule has 0 radical (unpaired) electrons. The van der Waals surface area contributed by atoms with Crippen LogP contribution in [0.25, 0.3) is 0 Å². The molecule has 5 unspecified atom stereocenters. The zero-order chi connectivity index (χ0) is 43.7. The highest BCUT2D eigenvalue weighted by Crippen LogP contribution is 2.37. The molecule has 1 aliphatic carbocycles. The summed E-state index contributed by atoms with van der Waals surface area (Å²) >= 11 is 0. The quantitative estimate of drug-likeness (QED) is 0.0251. The first-order valence-electron chi connectivity index (χ1n) is 24.7. The number of esters is 2. The second kappa shape index (κ2) is 40.4. The lowest BCUT2D eigenvalue weighted by atomic mass is 9.73. The number of carbonyl (C=O) groups is 5. The van der Waals surface area contributed by atoms with Crippen LogP contribution in [-0.2, 0) is 47.7 Å². The van der Waals surface area contributed by atoms with Crippen molar-refractivity contribution in [2.75, 3.05) is 39.5 Å². The lowest BCUT2D eigenvalue weighted by Gasteiger charge is -2.37. The molecule has 0 aromatic rings. The Hall–Kier alpha value is -2.69. The van der Waals surface area contributed by atoms with Crippen molar-refractivity contribution >= 4 is 31.4 Å². The summed E-state index contributed by atoms with van der Waals surface area (Å²) in [6.45, 7) is 9.90. The maximum atomic E-state index is 13.7. The van der Waals surface area contributed by atoms with Crippen LogP contribution in [0.1, 0.15) is 213 Å². The van der Waals surface area contributed by atoms with Crippen LogP contribution < -0.4 is 0 Å². The number of hydrogen-bond donors (Lipinski definition) is 0. The predicted octanol–water partition coefficient (Wildman–Crippen LogP) is 11.3. The van der Waals surface area contributed by atoms with Crippen LogP contribution in [0, 0.1) is 17.8 Å². The minimum absolute atomic E-state index is 0.0715. The lowest BCUT2D eigenvalue weighted by molar-refractivity contribution is -0.162. The van der Waals surface area contributed by atoms with Gasteiger partial charge in [-0.2, -0.15) is 0 Å². The van der Waals surface area contributed by atoms with Crippen LogP contribution in [0.2, 0.25) is 0 Å². The molecule has 0 spiro atoms. The van der Waals surface area contributed by atoms with E-state index in [0.29, 0.717) is 57.8 Å². The van der Waals surface area contributed by atoms with Crippen LogP contribution >= 0.6 is 0 Å². The van der Waals surface area contributed by atoms with E-state index < -0.39 is 12.0 Å². The van der Waals surface area contributed by atoms with Crippen LogP contribution in [0.5, 0.6) is 0 Å². The van der Waals surface area contributed by atoms with Crippen LogP contribution in [0.4, 0.5) is 0 Å². The van der Waals surface area contributed by atoms with Gasteiger partial charge < -0.3 is 23.7 Å². The van der Waals surface area contributed by atoms with Gasteiger partial charge in [-0.25, -0.2) is 0 Å². The van der Waals surface area contributed by atoms with Crippen LogP contribution in [0.3, 0.4) is 0 Å². The Bertz CT molecular complexity index is 1040. The van der Waals surface area contributed by atoms with E-state index in [2.05, 4.69) is 20.8 Å². The molecule has 0 N–H and O–H groups in total. The summed E-state index contributed by atoms with van der Waals surface area (Å²) in [5.74, 6) is -0.556. The van der Waals surface area contributed by atoms with E-state index >= 15 is 0 Å². The number of nitrogens with zero attached hydrogens (tertiary/aromatic N) is 1. The summed E-state index contributed by atoms with van der Waals surface area (Å²) in [6.07, 6.45) is 32.1. The first kappa shape index (κ1) is 55.3. The average molecular weight is 852 g/mol. The molecule has 60 heavy (non-hydrogen) atoms. The van der Waals surface area contributed by atoms with Gasteiger partial charge in [-0.3, -0.25) is 28.9 Å². The molecule has 0 aromatic heterocycles. The van der Waals surface area contributed by atoms with Gasteiger partial charge >= 0.3 is 11.9 Å². The maximum Gasteiger partial charge on any atom is 0.312 e. The van der Waals surface area contributed by atoms with Crippen molar-refractivity contribution < 1.29 is 47.7 Å². The van der Waals surface area contributed by atoms with Gasteiger partial charge in [-0.1, -0.05) is 162 Å². The Labute approximate surface area is 365 Å². The molecule has 11 nitrogen and oxygen atoms in total. The Balaban J connectivity index is 2.41. The van der Waals surface area contributed by atoms with E-state index in [0.717, 1.165) is 96.3 Å². The highest BCUT2D eigenvalue weighted by Gasteiger charge is 2.40. The van der Waals surface area contributed by atoms with E-state index in [4.69, 9.17) is 23.7 Å². The van der Waals surface area contributed by atoms with E-state index in [-0.39, 0.29) is 43.8 Å². The molecule has 0 amide bonds. The summed E-state index contributed by atoms with van der Waals surface area (Å²) in [7, 11) is 0. The van der Waals surface area contributed by atoms with Crippen molar-refractivity contribution in [3.05, 3.63) is 0 Å². The van der Waals surface area contributed by atoms with Gasteiger partial charge in [-0.05, 0) is 56.8 Å². The third-order valence-electron chi connectivity index (χ3n) is 12.6. The monoisotopic (exact) mass is 852 g/mol. The molecule has 1 fully saturated rings. The fourth-order valence-corrected chi connectivity index (χ4v) is 8.83. The van der Waals surface area contributed by atoms with E-state index in [9.17, 15) is 24.0 Å². The molecule has 1 saturated carbocycles. The van der Waals surface area contributed by atoms with Gasteiger partial charge in [0.25, 0.3) is 19.4 Å². The summed E-state index contributed by atoms with van der Waals surface area (Å²) in [5.41, 5.74) is 0. The molecule has 350 valence electrons. The van der Waals surface area contributed by atoms with Crippen LogP contribution in [0.15, 0.2) is 0 Å². The van der Waals surface area contributed by atoms with Gasteiger partial charge in [0.1, 0.15) is 32.0 Å². The van der Waals surface area contributed by atoms with Crippen molar-refractivity contribution in [1.82, 2.24) is 4.90 Å². The highest BCUT2D eigenvalue weighted by atomic mass is 16.6. The van der Waals surface area contributed by atoms with Crippen molar-refractivity contribution in [3.8, 4) is 0 Å². The first-order valence-corrected chi connectivity index (χ1v) is 24.7. The van der Waals surface area contributed by atoms with Gasteiger partial charge in [-0.15, -0.1) is 0 Å². The van der Waals surface area contributed by atoms with Gasteiger partial charge in [0, 0.05) is 26.1 Å². The topological polar surface area (TPSA) is 135 Å². The normalized spacial score (nSPS) is 16.7. The van der Waals surface area contributed by atoms with Crippen molar-refractivity contribution in [2.24, 2.45) is 17.8 Å². The summed E-state index contributed by atoms with van der Waals surface area (Å²) in [5, 5.41) is 0. The molecule has 0 saturated heterocycles. The SMILES string of the molecule is CCCCCCCCCCC(C(=O)OCCN(CCOC=O)CCOC(=O)CCCCCCCCCCCC(CCCCCCC)OC=O)C(OC=O)C1CCCCC1C. The van der Waals surface area contributed by atoms with Gasteiger partial charge in [0.15, 0.2) is 0 Å². The predicted molar refractivity (Wildman–Crippen MR) is 238 cm³/mol. The minimum Gasteiger partial charge on any atom is -0.467 e. The molecule has 0 bridgehead atoms. The molecule has 11 heteroatoms. The fourth-order valence-electron chi connectivity index (χ4n) is 8.83. The Morgan fingerprint density at radius 2 is 1.05 bits per heavy atom. The first-order chi connectivity index (χ1) is 29.4. The largest absolute Gasteiger partial charge is 0.467 e. The van der Waals surface area contributed by atoms with Gasteiger partial charge in [0.2, 0.25) is 0 Å². The van der Waals surface area contributed by atoms with E-state index in [1.165, 1.54) is 83.5 Å². The zero-order valence-corrected chi connectivity index (χ0v) is 38.6. The van der Waals surface area contributed by atoms with Crippen molar-refractivity contribution in [1.29, 1.82) is 0 Å². The fraction of sp³-hybridized carbons (Fsp3) is 0.898. The molecular weight excluding hydrogens is 763 g/mol. The Kier molecular flexibility index (Phi) is 37.2. The second-order valence-corrected chi connectivity index (χ2v) is 17.5. The van der Waals surface area contributed by atoms with Gasteiger partial charge in [0.05, 0.1) is 5.92 Å². The van der Waals surface area contributed by atoms with E-state index in [1.54, 1.807) is 0 Å². The highest BCUT2D eigenvalue weighted by molar-refractivity contribution is 5.73. The third kappa shape index (κ3) is 29.5. The van der Waals surface area contributed by atoms with Crippen LogP contribution in [-0.4, -0.2) is 87.9 Å². The molecule has 5 atom stereocenters. The number of rotatable bonds is 44. The standard InChI is InChI=1S/C49H89NO10/c1-4-6-8-10-11-16-20-24-32-46(48(60-42-53)45-31-27-26-28-43(45)3)49(55)58-39-36-50(34-37-56-40-51)35-38-57-47(54)33-25-21-17-14-12-13-15-19-23-30-44(59-41-52)29-22-18-9-7-5-2/h40-46,48H,4-39H2,1-3H3. The number of ether oxygens (including phenoxy) is 5. The summed E-state index contributed by atoms with van der Waals surface area (Å²) in [4.78, 5) is 61.6. The summed E-state index contributed by atoms with van der Waals surface area (Å²) in [6, 6.07) is 0. The zero-order valence-electron chi connectivity index (χ0n) is 38.6. The molecular formula is C49H89NO10. The maximum absolute atomic E-state index is 13.7.